The number of nitrogens with zero attached hydrogens (tertiary/aromatic N) is 1. The first kappa shape index (κ1) is 16.5. The van der Waals surface area contributed by atoms with Crippen molar-refractivity contribution >= 4 is 5.91 Å². The molecular formula is C18H18N3O4+. The van der Waals surface area contributed by atoms with E-state index >= 15 is 0 Å². The molecular weight excluding hydrogens is 322 g/mol. The lowest BCUT2D eigenvalue weighted by atomic mass is 10.1. The van der Waals surface area contributed by atoms with Gasteiger partial charge in [0.05, 0.1) is 13.2 Å². The summed E-state index contributed by atoms with van der Waals surface area (Å²) in [4.78, 5) is 24.6. The van der Waals surface area contributed by atoms with Gasteiger partial charge >= 0.3 is 17.2 Å². The average Bonchev–Trinajstić information content (AvgIpc) is 3.04. The van der Waals surface area contributed by atoms with Crippen LogP contribution in [0.2, 0.25) is 0 Å². The lowest BCUT2D eigenvalue weighted by molar-refractivity contribution is -0.672. The van der Waals surface area contributed by atoms with Crippen LogP contribution >= 0.6 is 0 Å². The molecule has 0 saturated carbocycles. The van der Waals surface area contributed by atoms with E-state index in [0.29, 0.717) is 11.4 Å². The van der Waals surface area contributed by atoms with Crippen LogP contribution in [0.15, 0.2) is 63.9 Å². The summed E-state index contributed by atoms with van der Waals surface area (Å²) in [6, 6.07) is 16.1. The van der Waals surface area contributed by atoms with Crippen molar-refractivity contribution in [2.75, 3.05) is 7.11 Å². The van der Waals surface area contributed by atoms with E-state index in [1.807, 2.05) is 37.3 Å². The summed E-state index contributed by atoms with van der Waals surface area (Å²) in [6.07, 6.45) is 0. The number of carbonyl (C=O) groups excluding carboxylic acids is 1. The highest BCUT2D eigenvalue weighted by molar-refractivity contribution is 5.90. The first-order chi connectivity index (χ1) is 12.1. The number of hydrogen-bond donors (Lipinski definition) is 2. The second kappa shape index (κ2) is 7.04. The van der Waals surface area contributed by atoms with E-state index in [0.717, 1.165) is 5.56 Å². The smallest absolute Gasteiger partial charge is 0.441 e. The molecule has 0 aliphatic rings. The number of nitrogens with one attached hydrogen (secondary N) is 2. The van der Waals surface area contributed by atoms with E-state index in [1.54, 1.807) is 31.4 Å². The molecule has 1 heterocycles. The lowest BCUT2D eigenvalue weighted by Gasteiger charge is -2.11. The molecule has 1 amide bonds. The summed E-state index contributed by atoms with van der Waals surface area (Å²) in [5, 5.41) is 5.26. The van der Waals surface area contributed by atoms with Crippen molar-refractivity contribution in [3.8, 4) is 11.4 Å². The number of H-pyrrole nitrogens is 1. The van der Waals surface area contributed by atoms with Crippen molar-refractivity contribution in [3.05, 3.63) is 76.3 Å². The molecule has 3 aromatic rings. The number of hydrogen-bond acceptors (Lipinski definition) is 4. The first-order valence-corrected chi connectivity index (χ1v) is 7.74. The van der Waals surface area contributed by atoms with Gasteiger partial charge in [-0.05, 0) is 34.6 Å². The van der Waals surface area contributed by atoms with E-state index in [4.69, 9.17) is 9.26 Å². The van der Waals surface area contributed by atoms with E-state index in [9.17, 15) is 9.59 Å². The van der Waals surface area contributed by atoms with Crippen molar-refractivity contribution in [1.82, 2.24) is 10.6 Å². The van der Waals surface area contributed by atoms with E-state index < -0.39 is 11.5 Å². The van der Waals surface area contributed by atoms with Crippen LogP contribution in [0.25, 0.3) is 5.69 Å². The number of amides is 1. The maximum atomic E-state index is 12.6. The number of benzene rings is 2. The van der Waals surface area contributed by atoms with Crippen LogP contribution in [0, 0.1) is 0 Å². The van der Waals surface area contributed by atoms with Crippen molar-refractivity contribution in [3.63, 3.8) is 0 Å². The van der Waals surface area contributed by atoms with E-state index in [-0.39, 0.29) is 11.7 Å². The van der Waals surface area contributed by atoms with Gasteiger partial charge < -0.3 is 10.1 Å². The van der Waals surface area contributed by atoms with Crippen molar-refractivity contribution in [2.45, 2.75) is 13.0 Å². The Labute approximate surface area is 143 Å². The Balaban J connectivity index is 1.88. The minimum absolute atomic E-state index is 0.132. The van der Waals surface area contributed by atoms with Gasteiger partial charge in [-0.15, -0.1) is 0 Å². The Hall–Kier alpha value is -3.35. The highest BCUT2D eigenvalue weighted by Crippen LogP contribution is 2.13. The zero-order chi connectivity index (χ0) is 17.8. The van der Waals surface area contributed by atoms with Crippen LogP contribution in [0.4, 0.5) is 0 Å². The third-order valence-corrected chi connectivity index (χ3v) is 3.84. The molecule has 0 fully saturated rings. The van der Waals surface area contributed by atoms with Crippen molar-refractivity contribution in [1.29, 1.82) is 0 Å². The standard InChI is InChI=1S/C18H17N3O4/c1-12(13-6-4-3-5-7-13)19-17(22)16-18(23)25-20-21(16)14-8-10-15(24-2)11-9-14/h3-12H,1-2H3,(H-,19,20,22,23)/p+1. The molecule has 0 radical (unpaired) electrons. The summed E-state index contributed by atoms with van der Waals surface area (Å²) >= 11 is 0. The van der Waals surface area contributed by atoms with Crippen LogP contribution in [-0.4, -0.2) is 18.3 Å². The Bertz CT molecular complexity index is 913. The molecule has 2 aromatic carbocycles. The summed E-state index contributed by atoms with van der Waals surface area (Å²) in [5.41, 5.74) is 0.637. The van der Waals surface area contributed by atoms with Gasteiger partial charge in [-0.1, -0.05) is 30.3 Å². The number of ether oxygens (including phenoxy) is 1. The normalized spacial score (nSPS) is 11.8. The number of aromatic amines is 1. The van der Waals surface area contributed by atoms with Gasteiger partial charge in [-0.3, -0.25) is 9.32 Å². The summed E-state index contributed by atoms with van der Waals surface area (Å²) < 4.78 is 11.2. The SMILES string of the molecule is COc1ccc(-[n+]2[nH]oc(=O)c2C(=O)NC(C)c2ccccc2)cc1. The quantitative estimate of drug-likeness (QED) is 0.693. The molecule has 7 nitrogen and oxygen atoms in total. The van der Waals surface area contributed by atoms with Gasteiger partial charge in [0.25, 0.3) is 0 Å². The molecule has 1 unspecified atom stereocenters. The molecule has 2 N–H and O–H groups in total. The third kappa shape index (κ3) is 3.45. The predicted octanol–water partition coefficient (Wildman–Crippen LogP) is 1.74. The Morgan fingerprint density at radius 2 is 1.84 bits per heavy atom. The third-order valence-electron chi connectivity index (χ3n) is 3.84. The highest BCUT2D eigenvalue weighted by atomic mass is 16.5. The topological polar surface area (TPSA) is 88.2 Å². The molecule has 0 bridgehead atoms. The van der Waals surface area contributed by atoms with Crippen LogP contribution < -0.4 is 20.4 Å². The zero-order valence-electron chi connectivity index (χ0n) is 13.9. The molecule has 0 spiro atoms. The molecule has 128 valence electrons. The Kier molecular flexibility index (Phi) is 4.65. The minimum Gasteiger partial charge on any atom is -0.497 e. The highest BCUT2D eigenvalue weighted by Gasteiger charge is 2.31. The molecule has 1 aromatic heterocycles. The second-order valence-electron chi connectivity index (χ2n) is 5.47. The van der Waals surface area contributed by atoms with Crippen LogP contribution in [0.1, 0.15) is 29.0 Å². The molecule has 0 aliphatic carbocycles. The molecule has 0 aliphatic heterocycles. The minimum atomic E-state index is -0.742. The van der Waals surface area contributed by atoms with Crippen LogP contribution in [0.3, 0.4) is 0 Å². The number of methoxy groups -OCH3 is 1. The first-order valence-electron chi connectivity index (χ1n) is 7.74. The molecule has 25 heavy (non-hydrogen) atoms. The predicted molar refractivity (Wildman–Crippen MR) is 89.7 cm³/mol. The van der Waals surface area contributed by atoms with Gasteiger partial charge in [0.2, 0.25) is 5.69 Å². The average molecular weight is 340 g/mol. The maximum Gasteiger partial charge on any atom is 0.441 e. The van der Waals surface area contributed by atoms with Gasteiger partial charge in [-0.2, -0.15) is 0 Å². The number of carbonyl (C=O) groups is 1. The second-order valence-corrected chi connectivity index (χ2v) is 5.47. The summed E-state index contributed by atoms with van der Waals surface area (Å²) in [7, 11) is 1.56. The largest absolute Gasteiger partial charge is 0.497 e. The zero-order valence-corrected chi connectivity index (χ0v) is 13.9. The number of aromatic nitrogens is 2. The fourth-order valence-corrected chi connectivity index (χ4v) is 2.47. The summed E-state index contributed by atoms with van der Waals surface area (Å²) in [5.74, 6) is 0.140. The monoisotopic (exact) mass is 340 g/mol. The Morgan fingerprint density at radius 3 is 2.48 bits per heavy atom. The summed E-state index contributed by atoms with van der Waals surface area (Å²) in [6.45, 7) is 1.85. The molecule has 0 saturated heterocycles. The van der Waals surface area contributed by atoms with Crippen LogP contribution in [0.5, 0.6) is 5.75 Å². The van der Waals surface area contributed by atoms with E-state index in [2.05, 4.69) is 10.6 Å². The molecule has 3 rings (SSSR count). The fraction of sp³-hybridized carbons (Fsp3) is 0.167. The van der Waals surface area contributed by atoms with Crippen molar-refractivity contribution in [2.24, 2.45) is 0 Å². The van der Waals surface area contributed by atoms with Gasteiger partial charge in [-0.25, -0.2) is 4.79 Å². The van der Waals surface area contributed by atoms with Gasteiger partial charge in [0.1, 0.15) is 5.75 Å². The molecule has 1 atom stereocenters. The molecule has 7 heteroatoms. The van der Waals surface area contributed by atoms with Gasteiger partial charge in [0.15, 0.2) is 0 Å². The fourth-order valence-electron chi connectivity index (χ4n) is 2.47. The number of rotatable bonds is 5. The van der Waals surface area contributed by atoms with Crippen LogP contribution in [-0.2, 0) is 0 Å². The Morgan fingerprint density at radius 1 is 1.16 bits per heavy atom. The van der Waals surface area contributed by atoms with Gasteiger partial charge in [0, 0.05) is 12.1 Å². The van der Waals surface area contributed by atoms with Crippen molar-refractivity contribution < 1.29 is 18.7 Å². The lowest BCUT2D eigenvalue weighted by Crippen LogP contribution is -2.45. The van der Waals surface area contributed by atoms with E-state index in [1.165, 1.54) is 4.68 Å². The maximum absolute atomic E-state index is 12.6.